The molecule has 1 fully saturated rings. The molecule has 2 unspecified atom stereocenters. The zero-order valence-electron chi connectivity index (χ0n) is 21.0. The number of carbonyl (C=O) groups excluding carboxylic acids is 1. The highest BCUT2D eigenvalue weighted by Gasteiger charge is 2.40. The van der Waals surface area contributed by atoms with Gasteiger partial charge in [-0.25, -0.2) is 4.79 Å². The number of aryl methyl sites for hydroxylation is 2. The number of carbonyl (C=O) groups is 1. The van der Waals surface area contributed by atoms with Gasteiger partial charge in [-0.15, -0.1) is 0 Å². The third-order valence-electron chi connectivity index (χ3n) is 6.11. The summed E-state index contributed by atoms with van der Waals surface area (Å²) in [5, 5.41) is 0. The van der Waals surface area contributed by atoms with Crippen LogP contribution in [0.4, 0.5) is 4.79 Å². The van der Waals surface area contributed by atoms with Crippen LogP contribution in [0.1, 0.15) is 23.1 Å². The molecule has 0 bridgehead atoms. The number of hydrogen-bond donors (Lipinski definition) is 0. The second-order valence-corrected chi connectivity index (χ2v) is 12.3. The van der Waals surface area contributed by atoms with Crippen LogP contribution in [0.2, 0.25) is 0 Å². The van der Waals surface area contributed by atoms with E-state index in [1.165, 1.54) is 29.2 Å². The molecule has 202 valence electrons. The van der Waals surface area contributed by atoms with E-state index in [1.54, 1.807) is 36.4 Å². The Morgan fingerprint density at radius 2 is 1.37 bits per heavy atom. The van der Waals surface area contributed by atoms with Crippen molar-refractivity contribution in [2.45, 2.75) is 48.8 Å². The number of likely N-dealkylation sites (tertiary alicyclic amines) is 1. The minimum atomic E-state index is -4.12. The molecular formula is C27H29NO8S2. The van der Waals surface area contributed by atoms with Crippen molar-refractivity contribution in [3.05, 3.63) is 95.6 Å². The van der Waals surface area contributed by atoms with E-state index >= 15 is 0 Å². The predicted molar refractivity (Wildman–Crippen MR) is 139 cm³/mol. The Bertz CT molecular complexity index is 1460. The normalized spacial score (nSPS) is 17.9. The summed E-state index contributed by atoms with van der Waals surface area (Å²) in [6, 6.07) is 20.6. The standard InChI is InChI=1S/C27H29NO8S2/c1-20-8-12-25(13-9-20)37(30,31)35-19-23-16-24(36-38(32,33)26-14-10-21(2)11-15-26)17-28(23)27(29)34-18-22-6-4-3-5-7-22/h3-15,23-24H,16-19H2,1-2H3. The van der Waals surface area contributed by atoms with Gasteiger partial charge < -0.3 is 9.64 Å². The fourth-order valence-corrected chi connectivity index (χ4v) is 6.03. The second kappa shape index (κ2) is 11.6. The number of amides is 1. The lowest BCUT2D eigenvalue weighted by Gasteiger charge is -2.23. The largest absolute Gasteiger partial charge is 0.445 e. The van der Waals surface area contributed by atoms with Gasteiger partial charge in [0.05, 0.1) is 35.1 Å². The maximum absolute atomic E-state index is 13.0. The molecule has 4 rings (SSSR count). The van der Waals surface area contributed by atoms with Gasteiger partial charge in [-0.1, -0.05) is 65.7 Å². The fraction of sp³-hybridized carbons (Fsp3) is 0.296. The summed E-state index contributed by atoms with van der Waals surface area (Å²) in [5.74, 6) is 0. The highest BCUT2D eigenvalue weighted by Crippen LogP contribution is 2.27. The summed E-state index contributed by atoms with van der Waals surface area (Å²) < 4.78 is 67.3. The lowest BCUT2D eigenvalue weighted by Crippen LogP contribution is -2.39. The maximum Gasteiger partial charge on any atom is 0.410 e. The van der Waals surface area contributed by atoms with Crippen LogP contribution in [-0.4, -0.2) is 53.1 Å². The third kappa shape index (κ3) is 6.98. The Kier molecular flexibility index (Phi) is 8.51. The van der Waals surface area contributed by atoms with Crippen molar-refractivity contribution in [2.24, 2.45) is 0 Å². The maximum atomic E-state index is 13.0. The molecule has 0 aliphatic carbocycles. The fourth-order valence-electron chi connectivity index (χ4n) is 4.01. The molecule has 1 heterocycles. The Morgan fingerprint density at radius 3 is 1.95 bits per heavy atom. The van der Waals surface area contributed by atoms with Crippen LogP contribution in [0, 0.1) is 13.8 Å². The first-order chi connectivity index (χ1) is 18.0. The number of nitrogens with zero attached hydrogens (tertiary/aromatic N) is 1. The van der Waals surface area contributed by atoms with Crippen molar-refractivity contribution >= 4 is 26.3 Å². The average molecular weight is 560 g/mol. The van der Waals surface area contributed by atoms with Crippen molar-refractivity contribution in [3.8, 4) is 0 Å². The number of hydrogen-bond acceptors (Lipinski definition) is 8. The molecule has 0 radical (unpaired) electrons. The highest BCUT2D eigenvalue weighted by molar-refractivity contribution is 7.87. The minimum absolute atomic E-state index is 0.00138. The molecule has 1 saturated heterocycles. The monoisotopic (exact) mass is 559 g/mol. The van der Waals surface area contributed by atoms with E-state index in [9.17, 15) is 21.6 Å². The van der Waals surface area contributed by atoms with Crippen LogP contribution < -0.4 is 0 Å². The van der Waals surface area contributed by atoms with Crippen molar-refractivity contribution < 1.29 is 34.7 Å². The van der Waals surface area contributed by atoms with E-state index in [1.807, 2.05) is 32.0 Å². The molecule has 0 N–H and O–H groups in total. The molecule has 2 atom stereocenters. The lowest BCUT2D eigenvalue weighted by molar-refractivity contribution is 0.0810. The van der Waals surface area contributed by atoms with E-state index < -0.39 is 38.5 Å². The Morgan fingerprint density at radius 1 is 0.816 bits per heavy atom. The third-order valence-corrected chi connectivity index (χ3v) is 8.78. The molecule has 1 aliphatic heterocycles. The van der Waals surface area contributed by atoms with Crippen molar-refractivity contribution in [1.82, 2.24) is 4.90 Å². The Balaban J connectivity index is 1.48. The zero-order valence-corrected chi connectivity index (χ0v) is 22.7. The minimum Gasteiger partial charge on any atom is -0.445 e. The van der Waals surface area contributed by atoms with Crippen LogP contribution >= 0.6 is 0 Å². The van der Waals surface area contributed by atoms with Gasteiger partial charge in [0, 0.05) is 0 Å². The summed E-state index contributed by atoms with van der Waals surface area (Å²) >= 11 is 0. The predicted octanol–water partition coefficient (Wildman–Crippen LogP) is 4.19. The lowest BCUT2D eigenvalue weighted by atomic mass is 10.2. The molecular weight excluding hydrogens is 530 g/mol. The molecule has 38 heavy (non-hydrogen) atoms. The molecule has 1 amide bonds. The first kappa shape index (κ1) is 27.8. The van der Waals surface area contributed by atoms with Crippen LogP contribution in [0.5, 0.6) is 0 Å². The van der Waals surface area contributed by atoms with Gasteiger partial charge in [0.2, 0.25) is 0 Å². The first-order valence-electron chi connectivity index (χ1n) is 12.0. The van der Waals surface area contributed by atoms with Gasteiger partial charge in [-0.2, -0.15) is 16.8 Å². The summed E-state index contributed by atoms with van der Waals surface area (Å²) in [7, 11) is -8.22. The number of ether oxygens (including phenoxy) is 1. The van der Waals surface area contributed by atoms with Crippen molar-refractivity contribution in [1.29, 1.82) is 0 Å². The van der Waals surface area contributed by atoms with Gasteiger partial charge in [-0.3, -0.25) is 8.37 Å². The highest BCUT2D eigenvalue weighted by atomic mass is 32.2. The van der Waals surface area contributed by atoms with Crippen molar-refractivity contribution in [2.75, 3.05) is 13.2 Å². The molecule has 0 saturated carbocycles. The zero-order chi connectivity index (χ0) is 27.3. The molecule has 9 nitrogen and oxygen atoms in total. The van der Waals surface area contributed by atoms with E-state index in [4.69, 9.17) is 13.1 Å². The molecule has 3 aromatic carbocycles. The van der Waals surface area contributed by atoms with Crippen LogP contribution in [0.25, 0.3) is 0 Å². The average Bonchev–Trinajstić information content (AvgIpc) is 3.29. The van der Waals surface area contributed by atoms with Gasteiger partial charge in [-0.05, 0) is 50.1 Å². The molecule has 0 spiro atoms. The van der Waals surface area contributed by atoms with E-state index in [2.05, 4.69) is 0 Å². The van der Waals surface area contributed by atoms with Gasteiger partial charge in [0.15, 0.2) is 0 Å². The van der Waals surface area contributed by atoms with Gasteiger partial charge in [0.1, 0.15) is 6.61 Å². The van der Waals surface area contributed by atoms with E-state index in [0.717, 1.165) is 16.7 Å². The van der Waals surface area contributed by atoms with Crippen LogP contribution in [0.15, 0.2) is 88.7 Å². The molecule has 1 aliphatic rings. The van der Waals surface area contributed by atoms with E-state index in [-0.39, 0.29) is 36.0 Å². The topological polar surface area (TPSA) is 116 Å². The summed E-state index contributed by atoms with van der Waals surface area (Å²) in [6.45, 7) is 3.17. The van der Waals surface area contributed by atoms with Crippen molar-refractivity contribution in [3.63, 3.8) is 0 Å². The van der Waals surface area contributed by atoms with E-state index in [0.29, 0.717) is 0 Å². The quantitative estimate of drug-likeness (QED) is 0.358. The first-order valence-corrected chi connectivity index (χ1v) is 14.8. The summed E-state index contributed by atoms with van der Waals surface area (Å²) in [6.07, 6.45) is -1.61. The SMILES string of the molecule is Cc1ccc(S(=O)(=O)OCC2CC(OS(=O)(=O)c3ccc(C)cc3)CN2C(=O)OCc2ccccc2)cc1. The number of benzene rings is 3. The van der Waals surface area contributed by atoms with Crippen LogP contribution in [0.3, 0.4) is 0 Å². The molecule has 3 aromatic rings. The van der Waals surface area contributed by atoms with Crippen LogP contribution in [-0.2, 0) is 39.9 Å². The molecule has 11 heteroatoms. The number of rotatable bonds is 9. The second-order valence-electron chi connectivity index (χ2n) is 9.12. The van der Waals surface area contributed by atoms with Gasteiger partial charge in [0.25, 0.3) is 20.2 Å². The Labute approximate surface area is 223 Å². The van der Waals surface area contributed by atoms with Gasteiger partial charge >= 0.3 is 6.09 Å². The summed E-state index contributed by atoms with van der Waals surface area (Å²) in [4.78, 5) is 14.2. The summed E-state index contributed by atoms with van der Waals surface area (Å²) in [5.41, 5.74) is 2.55. The smallest absolute Gasteiger partial charge is 0.410 e. The Hall–Kier alpha value is -3.25. The molecule has 0 aromatic heterocycles.